The summed E-state index contributed by atoms with van der Waals surface area (Å²) < 4.78 is 5.04. The minimum atomic E-state index is -1.05. The molecule has 0 amide bonds. The van der Waals surface area contributed by atoms with Gasteiger partial charge in [0.1, 0.15) is 5.75 Å². The number of nitro benzene ring substituents is 1. The quantitative estimate of drug-likeness (QED) is 0.674. The van der Waals surface area contributed by atoms with Crippen LogP contribution in [0.3, 0.4) is 0 Å². The molecule has 0 unspecified atom stereocenters. The van der Waals surface area contributed by atoms with E-state index in [1.54, 1.807) is 30.3 Å². The van der Waals surface area contributed by atoms with Crippen molar-refractivity contribution in [3.05, 3.63) is 58.1 Å². The Morgan fingerprint density at radius 3 is 2.48 bits per heavy atom. The van der Waals surface area contributed by atoms with Crippen molar-refractivity contribution in [1.29, 1.82) is 0 Å². The van der Waals surface area contributed by atoms with Gasteiger partial charge in [-0.25, -0.2) is 4.79 Å². The molecule has 0 heterocycles. The maximum atomic E-state index is 10.8. The number of ether oxygens (including phenoxy) is 1. The number of rotatable bonds is 5. The number of nitro groups is 1. The van der Waals surface area contributed by atoms with E-state index in [0.29, 0.717) is 5.75 Å². The van der Waals surface area contributed by atoms with Gasteiger partial charge in [0.15, 0.2) is 6.61 Å². The summed E-state index contributed by atoms with van der Waals surface area (Å²) in [5.41, 5.74) is 2.51. The molecule has 0 radical (unpaired) electrons. The molecular weight excluding hydrogens is 274 g/mol. The fourth-order valence-corrected chi connectivity index (χ4v) is 1.91. The van der Waals surface area contributed by atoms with E-state index in [1.807, 2.05) is 6.92 Å². The predicted molar refractivity (Wildman–Crippen MR) is 76.4 cm³/mol. The monoisotopic (exact) mass is 287 g/mol. The van der Waals surface area contributed by atoms with E-state index in [2.05, 4.69) is 0 Å². The Morgan fingerprint density at radius 2 is 1.90 bits per heavy atom. The average Bonchev–Trinajstić information content (AvgIpc) is 2.46. The highest BCUT2D eigenvalue weighted by Crippen LogP contribution is 2.28. The Kier molecular flexibility index (Phi) is 4.18. The van der Waals surface area contributed by atoms with Gasteiger partial charge in [-0.15, -0.1) is 0 Å². The molecule has 6 nitrogen and oxygen atoms in total. The van der Waals surface area contributed by atoms with Gasteiger partial charge < -0.3 is 9.84 Å². The van der Waals surface area contributed by atoms with Gasteiger partial charge in [-0.05, 0) is 35.7 Å². The van der Waals surface area contributed by atoms with Crippen LogP contribution in [0.4, 0.5) is 5.69 Å². The van der Waals surface area contributed by atoms with Crippen LogP contribution in [0.15, 0.2) is 42.5 Å². The number of carbonyl (C=O) groups is 1. The molecule has 0 aliphatic rings. The Morgan fingerprint density at radius 1 is 1.24 bits per heavy atom. The molecule has 1 N–H and O–H groups in total. The first kappa shape index (κ1) is 14.5. The fraction of sp³-hybridized carbons (Fsp3) is 0.133. The summed E-state index contributed by atoms with van der Waals surface area (Å²) in [6, 6.07) is 11.4. The third-order valence-corrected chi connectivity index (χ3v) is 2.96. The molecule has 0 fully saturated rings. The second-order valence-electron chi connectivity index (χ2n) is 4.46. The molecule has 0 saturated heterocycles. The number of aryl methyl sites for hydroxylation is 1. The zero-order chi connectivity index (χ0) is 15.4. The molecule has 6 heteroatoms. The highest BCUT2D eigenvalue weighted by molar-refractivity contribution is 5.71. The number of benzene rings is 2. The van der Waals surface area contributed by atoms with Gasteiger partial charge in [0.25, 0.3) is 5.69 Å². The van der Waals surface area contributed by atoms with Gasteiger partial charge in [0, 0.05) is 12.1 Å². The first-order valence-corrected chi connectivity index (χ1v) is 6.17. The summed E-state index contributed by atoms with van der Waals surface area (Å²) in [5, 5.41) is 19.4. The smallest absolute Gasteiger partial charge is 0.341 e. The van der Waals surface area contributed by atoms with E-state index < -0.39 is 17.5 Å². The average molecular weight is 287 g/mol. The van der Waals surface area contributed by atoms with Crippen molar-refractivity contribution < 1.29 is 19.6 Å². The van der Waals surface area contributed by atoms with Gasteiger partial charge in [-0.2, -0.15) is 0 Å². The second kappa shape index (κ2) is 6.04. The highest BCUT2D eigenvalue weighted by Gasteiger charge is 2.10. The molecule has 2 aromatic rings. The molecular formula is C15H13NO5. The molecule has 2 rings (SSSR count). The van der Waals surface area contributed by atoms with Crippen molar-refractivity contribution in [2.24, 2.45) is 0 Å². The van der Waals surface area contributed by atoms with Crippen molar-refractivity contribution in [3.63, 3.8) is 0 Å². The van der Waals surface area contributed by atoms with Crippen LogP contribution in [-0.4, -0.2) is 22.6 Å². The summed E-state index contributed by atoms with van der Waals surface area (Å²) in [5.74, 6) is -0.613. The Bertz CT molecular complexity index is 679. The van der Waals surface area contributed by atoms with Crippen molar-refractivity contribution in [3.8, 4) is 16.9 Å². The number of nitrogens with zero attached hydrogens (tertiary/aromatic N) is 1. The fourth-order valence-electron chi connectivity index (χ4n) is 1.91. The number of carboxylic acids is 1. The van der Waals surface area contributed by atoms with Crippen LogP contribution in [0.1, 0.15) is 5.56 Å². The van der Waals surface area contributed by atoms with Crippen LogP contribution in [0.5, 0.6) is 5.75 Å². The number of aliphatic carboxylic acids is 1. The summed E-state index contributed by atoms with van der Waals surface area (Å²) >= 11 is 0. The van der Waals surface area contributed by atoms with Gasteiger partial charge in [0.05, 0.1) is 4.92 Å². The van der Waals surface area contributed by atoms with Crippen molar-refractivity contribution in [1.82, 2.24) is 0 Å². The zero-order valence-electron chi connectivity index (χ0n) is 11.3. The predicted octanol–water partition coefficient (Wildman–Crippen LogP) is 3.03. The van der Waals surface area contributed by atoms with E-state index in [9.17, 15) is 14.9 Å². The molecule has 0 saturated carbocycles. The first-order chi connectivity index (χ1) is 9.97. The lowest BCUT2D eigenvalue weighted by Gasteiger charge is -2.08. The van der Waals surface area contributed by atoms with Crippen LogP contribution >= 0.6 is 0 Å². The summed E-state index contributed by atoms with van der Waals surface area (Å²) in [4.78, 5) is 20.8. The number of hydrogen-bond donors (Lipinski definition) is 1. The van der Waals surface area contributed by atoms with E-state index in [1.165, 1.54) is 12.1 Å². The van der Waals surface area contributed by atoms with E-state index in [-0.39, 0.29) is 5.69 Å². The number of hydrogen-bond acceptors (Lipinski definition) is 4. The molecule has 0 bridgehead atoms. The van der Waals surface area contributed by atoms with E-state index in [0.717, 1.165) is 16.7 Å². The lowest BCUT2D eigenvalue weighted by atomic mass is 10.00. The van der Waals surface area contributed by atoms with Gasteiger partial charge in [-0.1, -0.05) is 18.2 Å². The number of carboxylic acid groups (broad SMARTS) is 1. The lowest BCUT2D eigenvalue weighted by Crippen LogP contribution is -2.09. The van der Waals surface area contributed by atoms with Gasteiger partial charge >= 0.3 is 5.97 Å². The molecule has 2 aromatic carbocycles. The Balaban J connectivity index is 2.28. The van der Waals surface area contributed by atoms with Crippen LogP contribution in [-0.2, 0) is 4.79 Å². The molecule has 21 heavy (non-hydrogen) atoms. The minimum absolute atomic E-state index is 0.0294. The van der Waals surface area contributed by atoms with Crippen molar-refractivity contribution in [2.45, 2.75) is 6.92 Å². The standard InChI is InChI=1S/C15H13NO5/c1-10-2-5-12(16(19)20)8-14(10)11-3-6-13(7-4-11)21-9-15(17)18/h2-8H,9H2,1H3,(H,17,18). The summed E-state index contributed by atoms with van der Waals surface area (Å²) in [6.45, 7) is 1.46. The Hall–Kier alpha value is -2.89. The molecule has 108 valence electrons. The first-order valence-electron chi connectivity index (χ1n) is 6.17. The maximum absolute atomic E-state index is 10.8. The van der Waals surface area contributed by atoms with Crippen molar-refractivity contribution in [2.75, 3.05) is 6.61 Å². The van der Waals surface area contributed by atoms with Gasteiger partial charge in [0.2, 0.25) is 0 Å². The SMILES string of the molecule is Cc1ccc([N+](=O)[O-])cc1-c1ccc(OCC(=O)O)cc1. The lowest BCUT2D eigenvalue weighted by molar-refractivity contribution is -0.384. The van der Waals surface area contributed by atoms with Gasteiger partial charge in [-0.3, -0.25) is 10.1 Å². The second-order valence-corrected chi connectivity index (χ2v) is 4.46. The van der Waals surface area contributed by atoms with E-state index in [4.69, 9.17) is 9.84 Å². The normalized spacial score (nSPS) is 10.1. The topological polar surface area (TPSA) is 89.7 Å². The third kappa shape index (κ3) is 3.56. The minimum Gasteiger partial charge on any atom is -0.482 e. The van der Waals surface area contributed by atoms with E-state index >= 15 is 0 Å². The van der Waals surface area contributed by atoms with Crippen LogP contribution in [0.25, 0.3) is 11.1 Å². The van der Waals surface area contributed by atoms with Crippen LogP contribution in [0, 0.1) is 17.0 Å². The largest absolute Gasteiger partial charge is 0.482 e. The zero-order valence-corrected chi connectivity index (χ0v) is 11.3. The molecule has 0 spiro atoms. The third-order valence-electron chi connectivity index (χ3n) is 2.96. The van der Waals surface area contributed by atoms with Crippen LogP contribution in [0.2, 0.25) is 0 Å². The molecule has 0 aliphatic carbocycles. The van der Waals surface area contributed by atoms with Crippen LogP contribution < -0.4 is 4.74 Å². The summed E-state index contributed by atoms with van der Waals surface area (Å²) in [7, 11) is 0. The molecule has 0 aromatic heterocycles. The van der Waals surface area contributed by atoms with Crippen molar-refractivity contribution >= 4 is 11.7 Å². The highest BCUT2D eigenvalue weighted by atomic mass is 16.6. The maximum Gasteiger partial charge on any atom is 0.341 e. The number of non-ortho nitro benzene ring substituents is 1. The molecule has 0 atom stereocenters. The molecule has 0 aliphatic heterocycles. The summed E-state index contributed by atoms with van der Waals surface area (Å²) in [6.07, 6.45) is 0. The Labute approximate surface area is 120 Å².